The molecular formula is C29H40. The van der Waals surface area contributed by atoms with Gasteiger partial charge in [0.05, 0.1) is 0 Å². The molecule has 0 fully saturated rings. The average molecular weight is 389 g/mol. The quantitative estimate of drug-likeness (QED) is 0.365. The monoisotopic (exact) mass is 388 g/mol. The first-order valence-corrected chi connectivity index (χ1v) is 10.9. The summed E-state index contributed by atoms with van der Waals surface area (Å²) >= 11 is 0. The van der Waals surface area contributed by atoms with Crippen LogP contribution in [0.25, 0.3) is 11.6 Å². The summed E-state index contributed by atoms with van der Waals surface area (Å²) in [6, 6.07) is 8.45. The fraction of sp³-hybridized carbons (Fsp3) is 0.379. The van der Waals surface area contributed by atoms with Crippen molar-refractivity contribution in [1.29, 1.82) is 0 Å². The van der Waals surface area contributed by atoms with Crippen LogP contribution in [0.4, 0.5) is 0 Å². The Morgan fingerprint density at radius 1 is 1.03 bits per heavy atom. The molecule has 0 heteroatoms. The van der Waals surface area contributed by atoms with E-state index in [0.29, 0.717) is 5.92 Å². The third-order valence-corrected chi connectivity index (χ3v) is 5.52. The maximum Gasteiger partial charge on any atom is -0.0158 e. The highest BCUT2D eigenvalue weighted by atomic mass is 14.2. The predicted octanol–water partition coefficient (Wildman–Crippen LogP) is 7.44. The van der Waals surface area contributed by atoms with Gasteiger partial charge < -0.3 is 0 Å². The average Bonchev–Trinajstić information content (AvgIpc) is 2.69. The first kappa shape index (κ1) is 24.7. The Hall–Kier alpha value is -2.34. The Kier molecular flexibility index (Phi) is 10.5. The van der Waals surface area contributed by atoms with Crippen molar-refractivity contribution in [3.05, 3.63) is 94.5 Å². The molecule has 0 aromatic heterocycles. The smallest absolute Gasteiger partial charge is 0.0158 e. The second kappa shape index (κ2) is 12.3. The highest BCUT2D eigenvalue weighted by molar-refractivity contribution is 5.66. The van der Waals surface area contributed by atoms with Crippen LogP contribution in [0, 0.1) is 5.92 Å². The Labute approximate surface area is 179 Å². The molecular weight excluding hydrogens is 348 g/mol. The van der Waals surface area contributed by atoms with Crippen molar-refractivity contribution < 1.29 is 0 Å². The van der Waals surface area contributed by atoms with E-state index in [2.05, 4.69) is 104 Å². The first-order valence-electron chi connectivity index (χ1n) is 10.9. The minimum absolute atomic E-state index is 0.581. The molecule has 0 N–H and O–H groups in total. The van der Waals surface area contributed by atoms with Crippen LogP contribution in [0.15, 0.2) is 84.0 Å². The molecule has 0 aliphatic heterocycles. The summed E-state index contributed by atoms with van der Waals surface area (Å²) in [7, 11) is 0. The molecule has 0 bridgehead atoms. The van der Waals surface area contributed by atoms with Crippen LogP contribution in [0.3, 0.4) is 0 Å². The fourth-order valence-corrected chi connectivity index (χ4v) is 3.65. The molecule has 1 unspecified atom stereocenters. The number of hydrogen-bond acceptors (Lipinski definition) is 0. The zero-order valence-electron chi connectivity index (χ0n) is 19.6. The van der Waals surface area contributed by atoms with Gasteiger partial charge in [0.15, 0.2) is 0 Å². The lowest BCUT2D eigenvalue weighted by atomic mass is 9.86. The van der Waals surface area contributed by atoms with E-state index in [0.717, 1.165) is 28.7 Å². The van der Waals surface area contributed by atoms with Gasteiger partial charge in [-0.3, -0.25) is 0 Å². The fourth-order valence-electron chi connectivity index (χ4n) is 3.65. The van der Waals surface area contributed by atoms with E-state index in [4.69, 9.17) is 0 Å². The van der Waals surface area contributed by atoms with Gasteiger partial charge in [-0.1, -0.05) is 94.0 Å². The molecule has 1 aromatic rings. The standard InChI is InChI=1S/C29H40/c1-10-13-16-25(11-2)26(12-3)20-29(22(6)7)24(9)23(8)19-27-17-14-15-18-28(27)21(4)5/h12,14-15,17-20,25H,6,8-11,13,16H2,1-5,7H3/b26-12?,27-19-,29-20+. The lowest BCUT2D eigenvalue weighted by Crippen LogP contribution is -2.25. The number of benzene rings is 1. The molecule has 1 atom stereocenters. The van der Waals surface area contributed by atoms with Crippen molar-refractivity contribution in [3.8, 4) is 0 Å². The van der Waals surface area contributed by atoms with Gasteiger partial charge in [0.2, 0.25) is 0 Å². The van der Waals surface area contributed by atoms with Crippen LogP contribution in [0.2, 0.25) is 0 Å². The number of unbranched alkanes of at least 4 members (excludes halogenated alkanes) is 1. The summed E-state index contributed by atoms with van der Waals surface area (Å²) in [6.45, 7) is 26.0. The molecule has 29 heavy (non-hydrogen) atoms. The van der Waals surface area contributed by atoms with Crippen LogP contribution < -0.4 is 10.4 Å². The van der Waals surface area contributed by atoms with Gasteiger partial charge in [-0.25, -0.2) is 0 Å². The third-order valence-electron chi connectivity index (χ3n) is 5.52. The molecule has 0 spiro atoms. The van der Waals surface area contributed by atoms with E-state index in [1.807, 2.05) is 0 Å². The van der Waals surface area contributed by atoms with Crippen LogP contribution >= 0.6 is 0 Å². The highest BCUT2D eigenvalue weighted by Crippen LogP contribution is 2.29. The van der Waals surface area contributed by atoms with Gasteiger partial charge >= 0.3 is 0 Å². The highest BCUT2D eigenvalue weighted by Gasteiger charge is 2.13. The maximum atomic E-state index is 4.39. The zero-order chi connectivity index (χ0) is 22.0. The van der Waals surface area contributed by atoms with Crippen molar-refractivity contribution in [2.45, 2.75) is 67.2 Å². The molecule has 0 saturated heterocycles. The van der Waals surface area contributed by atoms with Gasteiger partial charge in [-0.15, -0.1) is 0 Å². The van der Waals surface area contributed by atoms with Crippen molar-refractivity contribution in [1.82, 2.24) is 0 Å². The molecule has 0 aliphatic carbocycles. The zero-order valence-corrected chi connectivity index (χ0v) is 19.6. The van der Waals surface area contributed by atoms with Gasteiger partial charge in [0, 0.05) is 0 Å². The normalized spacial score (nSPS) is 13.9. The molecule has 1 aromatic carbocycles. The molecule has 0 heterocycles. The van der Waals surface area contributed by atoms with Gasteiger partial charge in [0.25, 0.3) is 0 Å². The molecule has 0 aliphatic rings. The summed E-state index contributed by atoms with van der Waals surface area (Å²) < 4.78 is 0. The summed E-state index contributed by atoms with van der Waals surface area (Å²) in [4.78, 5) is 0. The summed E-state index contributed by atoms with van der Waals surface area (Å²) in [5, 5.41) is 2.43. The first-order chi connectivity index (χ1) is 13.8. The van der Waals surface area contributed by atoms with Crippen molar-refractivity contribution in [3.63, 3.8) is 0 Å². The van der Waals surface area contributed by atoms with Gasteiger partial charge in [-0.2, -0.15) is 0 Å². The van der Waals surface area contributed by atoms with Crippen molar-refractivity contribution in [2.24, 2.45) is 5.92 Å². The Balaban J connectivity index is 3.36. The summed E-state index contributed by atoms with van der Waals surface area (Å²) in [5.74, 6) is 0.581. The van der Waals surface area contributed by atoms with Crippen molar-refractivity contribution in [2.75, 3.05) is 0 Å². The van der Waals surface area contributed by atoms with Crippen LogP contribution in [0.5, 0.6) is 0 Å². The SMILES string of the molecule is C=C(/C=c1/ccccc1=C(C)C)C(=C)/C(=C/C(=CC)C(CC)CCCC)C(=C)C. The largest absolute Gasteiger partial charge is 0.0955 e. The van der Waals surface area contributed by atoms with E-state index < -0.39 is 0 Å². The lowest BCUT2D eigenvalue weighted by Gasteiger charge is -2.19. The second-order valence-electron chi connectivity index (χ2n) is 8.11. The van der Waals surface area contributed by atoms with E-state index in [-0.39, 0.29) is 0 Å². The van der Waals surface area contributed by atoms with Crippen LogP contribution in [-0.4, -0.2) is 0 Å². The van der Waals surface area contributed by atoms with E-state index >= 15 is 0 Å². The number of hydrogen-bond donors (Lipinski definition) is 0. The Bertz CT molecular complexity index is 911. The topological polar surface area (TPSA) is 0 Å². The van der Waals surface area contributed by atoms with Crippen molar-refractivity contribution >= 4 is 11.6 Å². The minimum Gasteiger partial charge on any atom is -0.0955 e. The van der Waals surface area contributed by atoms with Crippen LogP contribution in [-0.2, 0) is 0 Å². The molecule has 1 rings (SSSR count). The third kappa shape index (κ3) is 7.20. The summed E-state index contributed by atoms with van der Waals surface area (Å²) in [5.41, 5.74) is 6.69. The van der Waals surface area contributed by atoms with Crippen LogP contribution in [0.1, 0.15) is 67.2 Å². The molecule has 0 radical (unpaired) electrons. The minimum atomic E-state index is 0.581. The Morgan fingerprint density at radius 3 is 2.21 bits per heavy atom. The molecule has 0 amide bonds. The molecule has 0 nitrogen and oxygen atoms in total. The van der Waals surface area contributed by atoms with E-state index in [9.17, 15) is 0 Å². The van der Waals surface area contributed by atoms with Gasteiger partial charge in [0.1, 0.15) is 0 Å². The number of rotatable bonds is 10. The second-order valence-corrected chi connectivity index (χ2v) is 8.11. The number of allylic oxidation sites excluding steroid dienone is 7. The van der Waals surface area contributed by atoms with E-state index in [1.54, 1.807) is 0 Å². The molecule has 0 saturated carbocycles. The van der Waals surface area contributed by atoms with E-state index in [1.165, 1.54) is 40.8 Å². The molecule has 156 valence electrons. The maximum absolute atomic E-state index is 4.39. The Morgan fingerprint density at radius 2 is 1.69 bits per heavy atom. The van der Waals surface area contributed by atoms with Gasteiger partial charge in [-0.05, 0) is 85.3 Å². The lowest BCUT2D eigenvalue weighted by molar-refractivity contribution is 0.522. The predicted molar refractivity (Wildman–Crippen MR) is 133 cm³/mol. The summed E-state index contributed by atoms with van der Waals surface area (Å²) in [6.07, 6.45) is 11.6.